The van der Waals surface area contributed by atoms with Crippen molar-refractivity contribution in [2.75, 3.05) is 19.4 Å². The summed E-state index contributed by atoms with van der Waals surface area (Å²) in [6.45, 7) is -0.447. The maximum Gasteiger partial charge on any atom is 0.416 e. The molecule has 1 amide bonds. The molecule has 0 aliphatic heterocycles. The van der Waals surface area contributed by atoms with Gasteiger partial charge in [0.1, 0.15) is 18.5 Å². The van der Waals surface area contributed by atoms with Crippen molar-refractivity contribution in [2.45, 2.75) is 17.2 Å². The molecule has 0 heterocycles. The molecule has 2 aromatic carbocycles. The number of sulfone groups is 1. The molecule has 0 radical (unpaired) electrons. The third-order valence-electron chi connectivity index (χ3n) is 3.65. The van der Waals surface area contributed by atoms with Crippen LogP contribution in [0.4, 0.5) is 13.2 Å². The lowest BCUT2D eigenvalue weighted by atomic mass is 10.2. The van der Waals surface area contributed by atoms with Gasteiger partial charge in [0.2, 0.25) is 0 Å². The number of alkyl halides is 3. The molecule has 2 N–H and O–H groups in total. The normalized spacial score (nSPS) is 13.0. The molecular formula is C18H18F3NO5S. The van der Waals surface area contributed by atoms with Gasteiger partial charge in [0, 0.05) is 18.4 Å². The smallest absolute Gasteiger partial charge is 0.416 e. The molecule has 6 nitrogen and oxygen atoms in total. The number of nitrogens with one attached hydrogen (secondary N) is 1. The summed E-state index contributed by atoms with van der Waals surface area (Å²) in [6, 6.07) is 9.41. The van der Waals surface area contributed by atoms with Crippen LogP contribution < -0.4 is 10.1 Å². The lowest BCUT2D eigenvalue weighted by molar-refractivity contribution is -0.137. The molecule has 2 rings (SSSR count). The van der Waals surface area contributed by atoms with E-state index in [4.69, 9.17) is 4.74 Å². The van der Waals surface area contributed by atoms with E-state index in [-0.39, 0.29) is 29.4 Å². The van der Waals surface area contributed by atoms with E-state index in [1.807, 2.05) is 0 Å². The maximum absolute atomic E-state index is 12.5. The minimum Gasteiger partial charge on any atom is -0.491 e. The Hall–Kier alpha value is -2.59. The van der Waals surface area contributed by atoms with E-state index in [0.717, 1.165) is 30.5 Å². The summed E-state index contributed by atoms with van der Waals surface area (Å²) in [6.07, 6.45) is -4.55. The first-order chi connectivity index (χ1) is 13.0. The van der Waals surface area contributed by atoms with Gasteiger partial charge in [-0.05, 0) is 42.5 Å². The van der Waals surface area contributed by atoms with Crippen LogP contribution in [0.15, 0.2) is 53.4 Å². The topological polar surface area (TPSA) is 92.7 Å². The molecule has 0 aliphatic carbocycles. The highest BCUT2D eigenvalue weighted by Crippen LogP contribution is 2.30. The lowest BCUT2D eigenvalue weighted by Crippen LogP contribution is -2.35. The third-order valence-corrected chi connectivity index (χ3v) is 4.76. The molecule has 0 fully saturated rings. The number of hydrogen-bond acceptors (Lipinski definition) is 5. The molecular weight excluding hydrogens is 399 g/mol. The average Bonchev–Trinajstić information content (AvgIpc) is 2.63. The van der Waals surface area contributed by atoms with Gasteiger partial charge in [-0.2, -0.15) is 13.2 Å². The van der Waals surface area contributed by atoms with Crippen molar-refractivity contribution in [2.24, 2.45) is 0 Å². The Bertz CT molecular complexity index is 927. The number of rotatable bonds is 7. The van der Waals surface area contributed by atoms with Crippen LogP contribution in [0.3, 0.4) is 0 Å². The zero-order valence-corrected chi connectivity index (χ0v) is 15.5. The summed E-state index contributed by atoms with van der Waals surface area (Å²) in [7, 11) is -3.46. The Kier molecular flexibility index (Phi) is 6.68. The van der Waals surface area contributed by atoms with Crippen LogP contribution in [-0.2, 0) is 16.0 Å². The minimum atomic E-state index is -4.45. The summed E-state index contributed by atoms with van der Waals surface area (Å²) in [4.78, 5) is 12.1. The first-order valence-corrected chi connectivity index (χ1v) is 9.92. The monoisotopic (exact) mass is 417 g/mol. The van der Waals surface area contributed by atoms with Crippen LogP contribution >= 0.6 is 0 Å². The van der Waals surface area contributed by atoms with Crippen LogP contribution in [0.25, 0.3) is 0 Å². The lowest BCUT2D eigenvalue weighted by Gasteiger charge is -2.14. The standard InChI is InChI=1S/C18H18F3NO5S/c1-28(25,26)16-4-2-3-12(9-16)17(24)22-10-14(23)11-27-15-7-5-13(6-8-15)18(19,20)21/h2-9,14,23H,10-11H2,1H3,(H,22,24). The number of carbonyl (C=O) groups is 1. The fourth-order valence-electron chi connectivity index (χ4n) is 2.17. The highest BCUT2D eigenvalue weighted by atomic mass is 32.2. The molecule has 1 unspecified atom stereocenters. The largest absolute Gasteiger partial charge is 0.491 e. The number of aliphatic hydroxyl groups excluding tert-OH is 1. The third kappa shape index (κ3) is 6.24. The van der Waals surface area contributed by atoms with E-state index in [1.54, 1.807) is 0 Å². The van der Waals surface area contributed by atoms with E-state index in [0.29, 0.717) is 0 Å². The summed E-state index contributed by atoms with van der Waals surface area (Å²) in [5.41, 5.74) is -0.706. The number of aliphatic hydroxyl groups is 1. The number of amides is 1. The van der Waals surface area contributed by atoms with Gasteiger partial charge >= 0.3 is 6.18 Å². The zero-order valence-electron chi connectivity index (χ0n) is 14.7. The molecule has 1 atom stereocenters. The number of benzene rings is 2. The van der Waals surface area contributed by atoms with Gasteiger partial charge in [0.15, 0.2) is 9.84 Å². The summed E-state index contributed by atoms with van der Waals surface area (Å²) in [5.74, 6) is -0.446. The van der Waals surface area contributed by atoms with Crippen LogP contribution in [0.2, 0.25) is 0 Å². The number of halogens is 3. The van der Waals surface area contributed by atoms with Gasteiger partial charge in [-0.25, -0.2) is 8.42 Å². The van der Waals surface area contributed by atoms with Crippen molar-refractivity contribution >= 4 is 15.7 Å². The predicted molar refractivity (Wildman–Crippen MR) is 94.8 cm³/mol. The molecule has 152 valence electrons. The number of ether oxygens (including phenoxy) is 1. The first-order valence-electron chi connectivity index (χ1n) is 8.03. The molecule has 0 aliphatic rings. The molecule has 0 saturated carbocycles. The quantitative estimate of drug-likeness (QED) is 0.721. The summed E-state index contributed by atoms with van der Waals surface area (Å²) >= 11 is 0. The van der Waals surface area contributed by atoms with Crippen molar-refractivity contribution < 1.29 is 36.2 Å². The van der Waals surface area contributed by atoms with Crippen LogP contribution in [0.5, 0.6) is 5.75 Å². The van der Waals surface area contributed by atoms with Crippen molar-refractivity contribution in [3.8, 4) is 5.75 Å². The van der Waals surface area contributed by atoms with Crippen LogP contribution in [-0.4, -0.2) is 44.9 Å². The Morgan fingerprint density at radius 3 is 2.39 bits per heavy atom. The van der Waals surface area contributed by atoms with Crippen molar-refractivity contribution in [3.05, 3.63) is 59.7 Å². The van der Waals surface area contributed by atoms with E-state index in [9.17, 15) is 31.5 Å². The Labute approximate surface area is 159 Å². The van der Waals surface area contributed by atoms with Crippen molar-refractivity contribution in [3.63, 3.8) is 0 Å². The second-order valence-electron chi connectivity index (χ2n) is 6.00. The highest BCUT2D eigenvalue weighted by molar-refractivity contribution is 7.90. The molecule has 0 bridgehead atoms. The van der Waals surface area contributed by atoms with E-state index in [2.05, 4.69) is 5.32 Å². The zero-order chi connectivity index (χ0) is 20.9. The fourth-order valence-corrected chi connectivity index (χ4v) is 2.84. The van der Waals surface area contributed by atoms with E-state index >= 15 is 0 Å². The predicted octanol–water partition coefficient (Wildman–Crippen LogP) is 2.28. The van der Waals surface area contributed by atoms with Gasteiger partial charge in [-0.1, -0.05) is 6.07 Å². The van der Waals surface area contributed by atoms with Gasteiger partial charge in [-0.15, -0.1) is 0 Å². The molecule has 0 spiro atoms. The molecule has 0 saturated heterocycles. The minimum absolute atomic E-state index is 0.00802. The molecule has 2 aromatic rings. The van der Waals surface area contributed by atoms with Gasteiger partial charge in [0.05, 0.1) is 10.5 Å². The second kappa shape index (κ2) is 8.61. The van der Waals surface area contributed by atoms with Crippen molar-refractivity contribution in [1.82, 2.24) is 5.32 Å². The first kappa shape index (κ1) is 21.7. The molecule has 10 heteroatoms. The molecule has 28 heavy (non-hydrogen) atoms. The van der Waals surface area contributed by atoms with E-state index < -0.39 is 33.6 Å². The molecule has 0 aromatic heterocycles. The Balaban J connectivity index is 1.85. The number of hydrogen-bond donors (Lipinski definition) is 2. The van der Waals surface area contributed by atoms with Gasteiger partial charge in [0.25, 0.3) is 5.91 Å². The van der Waals surface area contributed by atoms with Crippen LogP contribution in [0, 0.1) is 0 Å². The van der Waals surface area contributed by atoms with Crippen molar-refractivity contribution in [1.29, 1.82) is 0 Å². The van der Waals surface area contributed by atoms with Gasteiger partial charge in [-0.3, -0.25) is 4.79 Å². The summed E-state index contributed by atoms with van der Waals surface area (Å²) < 4.78 is 65.7. The van der Waals surface area contributed by atoms with E-state index in [1.165, 1.54) is 24.3 Å². The Morgan fingerprint density at radius 2 is 1.82 bits per heavy atom. The SMILES string of the molecule is CS(=O)(=O)c1cccc(C(=O)NCC(O)COc2ccc(C(F)(F)F)cc2)c1. The Morgan fingerprint density at radius 1 is 1.18 bits per heavy atom. The highest BCUT2D eigenvalue weighted by Gasteiger charge is 2.30. The summed E-state index contributed by atoms with van der Waals surface area (Å²) in [5, 5.41) is 12.3. The average molecular weight is 417 g/mol. The fraction of sp³-hybridized carbons (Fsp3) is 0.278. The maximum atomic E-state index is 12.5. The van der Waals surface area contributed by atoms with Crippen LogP contribution in [0.1, 0.15) is 15.9 Å². The second-order valence-corrected chi connectivity index (χ2v) is 8.01. The van der Waals surface area contributed by atoms with Gasteiger partial charge < -0.3 is 15.2 Å². The number of carbonyl (C=O) groups excluding carboxylic acids is 1.